The molecule has 15 nitrogen and oxygen atoms in total. The van der Waals surface area contributed by atoms with E-state index < -0.39 is 59.7 Å². The summed E-state index contributed by atoms with van der Waals surface area (Å²) in [7, 11) is 0. The number of hydrogen-bond donors (Lipinski definition) is 9. The fourth-order valence-corrected chi connectivity index (χ4v) is 3.76. The van der Waals surface area contributed by atoms with E-state index in [0.29, 0.717) is 12.0 Å². The Balaban J connectivity index is 3.12. The SMILES string of the molecule is CCC(C)C(NC(=O)C(Cc1ccc(O)cc1)NC(=O)C(N)CCC(N)=O)C(=O)NC(CCCN=C(N)N)C(=O)O. The van der Waals surface area contributed by atoms with Gasteiger partial charge in [-0.1, -0.05) is 32.4 Å². The number of amides is 4. The number of carboxylic acid groups (broad SMARTS) is 1. The Hall–Kier alpha value is -4.40. The van der Waals surface area contributed by atoms with Crippen molar-refractivity contribution in [2.45, 2.75) is 76.5 Å². The van der Waals surface area contributed by atoms with Crippen LogP contribution in [0.2, 0.25) is 0 Å². The van der Waals surface area contributed by atoms with E-state index in [1.807, 2.05) is 0 Å². The summed E-state index contributed by atoms with van der Waals surface area (Å²) >= 11 is 0. The summed E-state index contributed by atoms with van der Waals surface area (Å²) in [5.41, 5.74) is 22.1. The molecule has 228 valence electrons. The highest BCUT2D eigenvalue weighted by molar-refractivity contribution is 5.94. The molecule has 0 bridgehead atoms. The van der Waals surface area contributed by atoms with E-state index in [2.05, 4.69) is 20.9 Å². The summed E-state index contributed by atoms with van der Waals surface area (Å²) in [5.74, 6) is -4.57. The van der Waals surface area contributed by atoms with Crippen LogP contribution in [0.5, 0.6) is 5.75 Å². The zero-order valence-electron chi connectivity index (χ0n) is 23.3. The first kappa shape index (κ1) is 34.6. The average Bonchev–Trinajstić information content (AvgIpc) is 2.91. The van der Waals surface area contributed by atoms with Crippen molar-refractivity contribution in [1.29, 1.82) is 0 Å². The Kier molecular flexibility index (Phi) is 14.6. The number of guanidine groups is 1. The number of carbonyl (C=O) groups is 5. The molecule has 15 heteroatoms. The van der Waals surface area contributed by atoms with E-state index in [1.54, 1.807) is 26.0 Å². The number of carbonyl (C=O) groups excluding carboxylic acids is 4. The number of carboxylic acids is 1. The Morgan fingerprint density at radius 1 is 0.902 bits per heavy atom. The zero-order valence-corrected chi connectivity index (χ0v) is 23.3. The molecule has 1 rings (SSSR count). The maximum Gasteiger partial charge on any atom is 0.326 e. The van der Waals surface area contributed by atoms with Crippen molar-refractivity contribution in [3.05, 3.63) is 29.8 Å². The first-order valence-corrected chi connectivity index (χ1v) is 13.3. The lowest BCUT2D eigenvalue weighted by atomic mass is 9.96. The maximum atomic E-state index is 13.4. The van der Waals surface area contributed by atoms with Crippen molar-refractivity contribution in [2.75, 3.05) is 6.54 Å². The lowest BCUT2D eigenvalue weighted by Gasteiger charge is -2.28. The van der Waals surface area contributed by atoms with Gasteiger partial charge in [0.2, 0.25) is 23.6 Å². The summed E-state index contributed by atoms with van der Waals surface area (Å²) in [6, 6.07) is 1.26. The number of aliphatic carboxylic acids is 1. The summed E-state index contributed by atoms with van der Waals surface area (Å²) in [6.45, 7) is 3.69. The Bertz CT molecular complexity index is 1080. The minimum atomic E-state index is -1.26. The van der Waals surface area contributed by atoms with Gasteiger partial charge in [0.15, 0.2) is 5.96 Å². The molecule has 0 radical (unpaired) electrons. The van der Waals surface area contributed by atoms with Crippen LogP contribution in [0.3, 0.4) is 0 Å². The minimum absolute atomic E-state index is 0.00653. The van der Waals surface area contributed by atoms with Crippen LogP contribution in [0.25, 0.3) is 0 Å². The first-order valence-electron chi connectivity index (χ1n) is 13.3. The number of phenols is 1. The molecule has 5 unspecified atom stereocenters. The smallest absolute Gasteiger partial charge is 0.326 e. The van der Waals surface area contributed by atoms with Crippen molar-refractivity contribution in [1.82, 2.24) is 16.0 Å². The molecule has 0 saturated carbocycles. The molecule has 0 aliphatic rings. The van der Waals surface area contributed by atoms with Crippen molar-refractivity contribution in [2.24, 2.45) is 33.8 Å². The van der Waals surface area contributed by atoms with Gasteiger partial charge in [-0.25, -0.2) is 4.79 Å². The number of aromatic hydroxyl groups is 1. The van der Waals surface area contributed by atoms with Gasteiger partial charge in [0.05, 0.1) is 6.04 Å². The fraction of sp³-hybridized carbons (Fsp3) is 0.538. The number of hydrogen-bond acceptors (Lipinski definition) is 8. The number of nitrogens with zero attached hydrogens (tertiary/aromatic N) is 1. The second-order valence-electron chi connectivity index (χ2n) is 9.76. The summed E-state index contributed by atoms with van der Waals surface area (Å²) < 4.78 is 0. The monoisotopic (exact) mass is 578 g/mol. The molecule has 5 atom stereocenters. The number of rotatable bonds is 18. The highest BCUT2D eigenvalue weighted by Crippen LogP contribution is 2.14. The third-order valence-electron chi connectivity index (χ3n) is 6.40. The van der Waals surface area contributed by atoms with E-state index >= 15 is 0 Å². The van der Waals surface area contributed by atoms with E-state index in [9.17, 15) is 34.2 Å². The van der Waals surface area contributed by atoms with Crippen molar-refractivity contribution in [3.8, 4) is 5.75 Å². The molecule has 0 heterocycles. The molecular formula is C26H42N8O7. The predicted molar refractivity (Wildman–Crippen MR) is 151 cm³/mol. The van der Waals surface area contributed by atoms with Crippen molar-refractivity contribution < 1.29 is 34.2 Å². The second-order valence-corrected chi connectivity index (χ2v) is 9.76. The van der Waals surface area contributed by atoms with E-state index in [0.717, 1.165) is 0 Å². The number of nitrogens with one attached hydrogen (secondary N) is 3. The van der Waals surface area contributed by atoms with Gasteiger partial charge in [-0.15, -0.1) is 0 Å². The predicted octanol–water partition coefficient (Wildman–Crippen LogP) is -1.83. The highest BCUT2D eigenvalue weighted by Gasteiger charge is 2.32. The van der Waals surface area contributed by atoms with Crippen LogP contribution in [0.1, 0.15) is 51.5 Å². The normalized spacial score (nSPS) is 14.4. The Morgan fingerprint density at radius 2 is 1.51 bits per heavy atom. The van der Waals surface area contributed by atoms with Crippen molar-refractivity contribution >= 4 is 35.6 Å². The summed E-state index contributed by atoms with van der Waals surface area (Å²) in [5, 5.41) is 26.8. The number of phenolic OH excluding ortho intramolecular Hbond substituents is 1. The Labute approximate surface area is 238 Å². The van der Waals surface area contributed by atoms with Gasteiger partial charge < -0.3 is 49.1 Å². The molecule has 4 amide bonds. The zero-order chi connectivity index (χ0) is 31.1. The lowest BCUT2D eigenvalue weighted by molar-refractivity contribution is -0.143. The van der Waals surface area contributed by atoms with Crippen LogP contribution in [0.4, 0.5) is 0 Å². The lowest BCUT2D eigenvalue weighted by Crippen LogP contribution is -2.59. The van der Waals surface area contributed by atoms with E-state index in [1.165, 1.54) is 12.1 Å². The van der Waals surface area contributed by atoms with Gasteiger partial charge in [-0.05, 0) is 42.9 Å². The maximum absolute atomic E-state index is 13.4. The van der Waals surface area contributed by atoms with Gasteiger partial charge in [-0.3, -0.25) is 24.2 Å². The number of primary amides is 1. The fourth-order valence-electron chi connectivity index (χ4n) is 3.76. The standard InChI is InChI=1S/C26H42N8O7/c1-3-14(2)21(24(39)32-18(25(40)41)5-4-12-31-26(29)30)34-23(38)19(13-15-6-8-16(35)9-7-15)33-22(37)17(27)10-11-20(28)36/h6-9,14,17-19,21,35H,3-5,10-13,27H2,1-2H3,(H2,28,36)(H,32,39)(H,33,37)(H,34,38)(H,40,41)(H4,29,30,31). The molecule has 13 N–H and O–H groups in total. The van der Waals surface area contributed by atoms with Crippen LogP contribution in [0, 0.1) is 5.92 Å². The van der Waals surface area contributed by atoms with E-state index in [-0.39, 0.29) is 50.4 Å². The highest BCUT2D eigenvalue weighted by atomic mass is 16.4. The number of nitrogens with two attached hydrogens (primary N) is 4. The Morgan fingerprint density at radius 3 is 2.05 bits per heavy atom. The number of benzene rings is 1. The largest absolute Gasteiger partial charge is 0.508 e. The average molecular weight is 579 g/mol. The molecule has 1 aromatic carbocycles. The van der Waals surface area contributed by atoms with E-state index in [4.69, 9.17) is 22.9 Å². The van der Waals surface area contributed by atoms with Crippen LogP contribution in [0.15, 0.2) is 29.3 Å². The van der Waals surface area contributed by atoms with Gasteiger partial charge in [0, 0.05) is 19.4 Å². The van der Waals surface area contributed by atoms with Gasteiger partial charge >= 0.3 is 5.97 Å². The van der Waals surface area contributed by atoms with Gasteiger partial charge in [-0.2, -0.15) is 0 Å². The van der Waals surface area contributed by atoms with Crippen LogP contribution in [-0.4, -0.2) is 76.5 Å². The van der Waals surface area contributed by atoms with Crippen LogP contribution < -0.4 is 38.9 Å². The molecule has 0 saturated heterocycles. The summed E-state index contributed by atoms with van der Waals surface area (Å²) in [6.07, 6.45) is 0.613. The van der Waals surface area contributed by atoms with Crippen LogP contribution in [-0.2, 0) is 30.4 Å². The second kappa shape index (κ2) is 17.3. The third-order valence-corrected chi connectivity index (χ3v) is 6.40. The topological polar surface area (TPSA) is 278 Å². The first-order chi connectivity index (χ1) is 19.2. The van der Waals surface area contributed by atoms with Gasteiger partial charge in [0.25, 0.3) is 0 Å². The molecular weight excluding hydrogens is 536 g/mol. The quantitative estimate of drug-likeness (QED) is 0.0533. The number of aliphatic imine (C=N–C) groups is 1. The molecule has 0 aromatic heterocycles. The van der Waals surface area contributed by atoms with Gasteiger partial charge in [0.1, 0.15) is 23.9 Å². The molecule has 1 aromatic rings. The third kappa shape index (κ3) is 13.0. The molecule has 0 aliphatic carbocycles. The molecule has 0 aliphatic heterocycles. The van der Waals surface area contributed by atoms with Crippen LogP contribution >= 0.6 is 0 Å². The molecule has 0 spiro atoms. The molecule has 0 fully saturated rings. The summed E-state index contributed by atoms with van der Waals surface area (Å²) in [4.78, 5) is 66.0. The molecule has 41 heavy (non-hydrogen) atoms. The minimum Gasteiger partial charge on any atom is -0.508 e. The van der Waals surface area contributed by atoms with Crippen molar-refractivity contribution in [3.63, 3.8) is 0 Å².